The summed E-state index contributed by atoms with van der Waals surface area (Å²) in [4.78, 5) is 23.2. The van der Waals surface area contributed by atoms with Crippen LogP contribution in [-0.4, -0.2) is 24.2 Å². The third kappa shape index (κ3) is 4.39. The monoisotopic (exact) mass is 396 g/mol. The van der Waals surface area contributed by atoms with Gasteiger partial charge in [-0.05, 0) is 46.5 Å². The van der Waals surface area contributed by atoms with Crippen molar-refractivity contribution in [2.75, 3.05) is 0 Å². The molecule has 0 radical (unpaired) electrons. The average molecular weight is 397 g/mol. The van der Waals surface area contributed by atoms with Crippen LogP contribution in [0.1, 0.15) is 52.4 Å². The average Bonchev–Trinajstić information content (AvgIpc) is 2.69. The van der Waals surface area contributed by atoms with E-state index in [9.17, 15) is 9.59 Å². The lowest BCUT2D eigenvalue weighted by atomic mass is 9.77. The molecule has 2 aromatic carbocycles. The van der Waals surface area contributed by atoms with Crippen LogP contribution in [0.25, 0.3) is 0 Å². The van der Waals surface area contributed by atoms with Crippen LogP contribution in [0.2, 0.25) is 5.04 Å². The Balaban J connectivity index is 1.83. The molecule has 150 valence electrons. The highest BCUT2D eigenvalue weighted by Crippen LogP contribution is 2.45. The smallest absolute Gasteiger partial charge is 0.303 e. The van der Waals surface area contributed by atoms with E-state index in [2.05, 4.69) is 38.1 Å². The molecular weight excluding hydrogens is 364 g/mol. The SMILES string of the molecule is CC(C)(CC1CCC(CC(=O)O)CC1)[Si](O)(c1ccccc1)c1ccccc1. The lowest BCUT2D eigenvalue weighted by Gasteiger charge is -2.44. The summed E-state index contributed by atoms with van der Waals surface area (Å²) < 4.78 is 0. The van der Waals surface area contributed by atoms with Crippen molar-refractivity contribution in [3.63, 3.8) is 0 Å². The fourth-order valence-electron chi connectivity index (χ4n) is 5.06. The van der Waals surface area contributed by atoms with Crippen molar-refractivity contribution in [3.8, 4) is 0 Å². The summed E-state index contributed by atoms with van der Waals surface area (Å²) in [7, 11) is -2.95. The number of hydrogen-bond acceptors (Lipinski definition) is 2. The van der Waals surface area contributed by atoms with Crippen LogP contribution >= 0.6 is 0 Å². The van der Waals surface area contributed by atoms with Gasteiger partial charge < -0.3 is 9.90 Å². The predicted molar refractivity (Wildman–Crippen MR) is 116 cm³/mol. The summed E-state index contributed by atoms with van der Waals surface area (Å²) in [6.07, 6.45) is 5.38. The molecular formula is C24H32O3Si. The number of rotatable bonds is 7. The van der Waals surface area contributed by atoms with Gasteiger partial charge in [0.25, 0.3) is 8.32 Å². The van der Waals surface area contributed by atoms with Crippen LogP contribution in [0.4, 0.5) is 0 Å². The first-order valence-electron chi connectivity index (χ1n) is 10.4. The number of carboxylic acid groups (broad SMARTS) is 1. The van der Waals surface area contributed by atoms with E-state index in [1.807, 2.05) is 36.4 Å². The molecule has 0 spiro atoms. The lowest BCUT2D eigenvalue weighted by molar-refractivity contribution is -0.138. The molecule has 0 aromatic heterocycles. The van der Waals surface area contributed by atoms with Gasteiger partial charge in [-0.1, -0.05) is 87.4 Å². The van der Waals surface area contributed by atoms with Crippen LogP contribution in [-0.2, 0) is 4.79 Å². The topological polar surface area (TPSA) is 57.5 Å². The molecule has 1 aliphatic carbocycles. The van der Waals surface area contributed by atoms with E-state index in [0.29, 0.717) is 18.3 Å². The van der Waals surface area contributed by atoms with Crippen LogP contribution in [0.15, 0.2) is 60.7 Å². The Bertz CT molecular complexity index is 725. The van der Waals surface area contributed by atoms with Crippen molar-refractivity contribution in [1.29, 1.82) is 0 Å². The third-order valence-electron chi connectivity index (χ3n) is 6.59. The van der Waals surface area contributed by atoms with Crippen molar-refractivity contribution in [2.24, 2.45) is 11.8 Å². The minimum atomic E-state index is -2.95. The van der Waals surface area contributed by atoms with E-state index in [1.165, 1.54) is 0 Å². The minimum Gasteiger partial charge on any atom is -0.481 e. The van der Waals surface area contributed by atoms with Gasteiger partial charge in [-0.2, -0.15) is 0 Å². The molecule has 1 saturated carbocycles. The Morgan fingerprint density at radius 3 is 1.75 bits per heavy atom. The molecule has 28 heavy (non-hydrogen) atoms. The van der Waals surface area contributed by atoms with Gasteiger partial charge in [0, 0.05) is 6.42 Å². The minimum absolute atomic E-state index is 0.222. The van der Waals surface area contributed by atoms with Crippen molar-refractivity contribution in [3.05, 3.63) is 60.7 Å². The molecule has 0 bridgehead atoms. The first kappa shape index (κ1) is 20.8. The van der Waals surface area contributed by atoms with Gasteiger partial charge in [-0.25, -0.2) is 0 Å². The van der Waals surface area contributed by atoms with E-state index in [0.717, 1.165) is 42.5 Å². The Morgan fingerprint density at radius 1 is 0.893 bits per heavy atom. The molecule has 3 rings (SSSR count). The standard InChI is InChI=1S/C24H32O3Si/c1-24(2,18-20-15-13-19(14-16-20)17-23(25)26)28(27,21-9-5-3-6-10-21)22-11-7-4-8-12-22/h3-12,19-20,27H,13-18H2,1-2H3,(H,25,26). The van der Waals surface area contributed by atoms with Crippen molar-refractivity contribution >= 4 is 24.7 Å². The maximum absolute atomic E-state index is 12.2. The first-order chi connectivity index (χ1) is 13.3. The molecule has 0 amide bonds. The fraction of sp³-hybridized carbons (Fsp3) is 0.458. The summed E-state index contributed by atoms with van der Waals surface area (Å²) >= 11 is 0. The largest absolute Gasteiger partial charge is 0.481 e. The molecule has 0 unspecified atom stereocenters. The number of benzene rings is 2. The second kappa shape index (κ2) is 8.62. The number of carbonyl (C=O) groups is 1. The highest BCUT2D eigenvalue weighted by Gasteiger charge is 2.50. The van der Waals surface area contributed by atoms with E-state index >= 15 is 0 Å². The maximum Gasteiger partial charge on any atom is 0.303 e. The van der Waals surface area contributed by atoms with E-state index < -0.39 is 14.3 Å². The zero-order valence-corrected chi connectivity index (χ0v) is 18.0. The zero-order chi connectivity index (χ0) is 20.2. The van der Waals surface area contributed by atoms with Gasteiger partial charge in [0.15, 0.2) is 0 Å². The second-order valence-electron chi connectivity index (χ2n) is 9.02. The zero-order valence-electron chi connectivity index (χ0n) is 17.0. The third-order valence-corrected chi connectivity index (χ3v) is 11.1. The van der Waals surface area contributed by atoms with E-state index in [4.69, 9.17) is 5.11 Å². The molecule has 0 heterocycles. The van der Waals surface area contributed by atoms with Gasteiger partial charge in [-0.3, -0.25) is 4.79 Å². The first-order valence-corrected chi connectivity index (χ1v) is 12.3. The van der Waals surface area contributed by atoms with Gasteiger partial charge in [0.2, 0.25) is 0 Å². The van der Waals surface area contributed by atoms with Crippen molar-refractivity contribution in [1.82, 2.24) is 0 Å². The molecule has 0 saturated heterocycles. The number of hydrogen-bond donors (Lipinski definition) is 2. The van der Waals surface area contributed by atoms with Crippen molar-refractivity contribution < 1.29 is 14.7 Å². The Labute approximate surface area is 169 Å². The van der Waals surface area contributed by atoms with Gasteiger partial charge in [0.1, 0.15) is 0 Å². The molecule has 1 aliphatic rings. The summed E-state index contributed by atoms with van der Waals surface area (Å²) in [5.74, 6) is 0.182. The van der Waals surface area contributed by atoms with E-state index in [1.54, 1.807) is 0 Å². The normalized spacial score (nSPS) is 20.7. The molecule has 0 aliphatic heterocycles. The van der Waals surface area contributed by atoms with Crippen molar-refractivity contribution in [2.45, 2.75) is 57.4 Å². The molecule has 2 aromatic rings. The highest BCUT2D eigenvalue weighted by molar-refractivity contribution is 6.98. The second-order valence-corrected chi connectivity index (χ2v) is 12.9. The van der Waals surface area contributed by atoms with Crippen LogP contribution in [0.3, 0.4) is 0 Å². The Hall–Kier alpha value is -1.91. The maximum atomic E-state index is 12.2. The van der Waals surface area contributed by atoms with Gasteiger partial charge in [0.05, 0.1) is 0 Å². The molecule has 4 heteroatoms. The Morgan fingerprint density at radius 2 is 1.32 bits per heavy atom. The fourth-order valence-corrected chi connectivity index (χ4v) is 8.89. The van der Waals surface area contributed by atoms with Crippen LogP contribution < -0.4 is 10.4 Å². The molecule has 3 nitrogen and oxygen atoms in total. The quantitative estimate of drug-likeness (QED) is 0.690. The Kier molecular flexibility index (Phi) is 6.41. The summed E-state index contributed by atoms with van der Waals surface area (Å²) in [6, 6.07) is 20.4. The van der Waals surface area contributed by atoms with Crippen LogP contribution in [0, 0.1) is 11.8 Å². The lowest BCUT2D eigenvalue weighted by Crippen LogP contribution is -2.65. The number of carboxylic acids is 1. The van der Waals surface area contributed by atoms with E-state index in [-0.39, 0.29) is 5.04 Å². The summed E-state index contributed by atoms with van der Waals surface area (Å²) in [5, 5.41) is 10.9. The van der Waals surface area contributed by atoms with Gasteiger partial charge >= 0.3 is 5.97 Å². The number of aliphatic carboxylic acids is 1. The highest BCUT2D eigenvalue weighted by atomic mass is 28.4. The van der Waals surface area contributed by atoms with Crippen LogP contribution in [0.5, 0.6) is 0 Å². The molecule has 0 atom stereocenters. The summed E-state index contributed by atoms with van der Waals surface area (Å²) in [5.41, 5.74) is 0. The van der Waals surface area contributed by atoms with Gasteiger partial charge in [-0.15, -0.1) is 0 Å². The predicted octanol–water partition coefficient (Wildman–Crippen LogP) is 4.19. The summed E-state index contributed by atoms with van der Waals surface area (Å²) in [6.45, 7) is 4.45. The molecule has 2 N–H and O–H groups in total. The molecule has 1 fully saturated rings.